The van der Waals surface area contributed by atoms with E-state index in [9.17, 15) is 0 Å². The number of piperidine rings is 1. The quantitative estimate of drug-likeness (QED) is 0.526. The van der Waals surface area contributed by atoms with Crippen LogP contribution >= 0.6 is 0 Å². The van der Waals surface area contributed by atoms with Crippen molar-refractivity contribution in [2.45, 2.75) is 38.1 Å². The molecule has 0 atom stereocenters. The van der Waals surface area contributed by atoms with Gasteiger partial charge in [0.05, 0.1) is 6.10 Å². The minimum atomic E-state index is 0.0158. The summed E-state index contributed by atoms with van der Waals surface area (Å²) in [6, 6.07) is 30.2. The minimum absolute atomic E-state index is 0.0158. The third-order valence-electron chi connectivity index (χ3n) is 6.71. The lowest BCUT2D eigenvalue weighted by molar-refractivity contribution is -0.0278. The molecule has 3 aromatic rings. The van der Waals surface area contributed by atoms with Crippen LogP contribution in [-0.2, 0) is 17.8 Å². The molecule has 160 valence electrons. The van der Waals surface area contributed by atoms with Crippen molar-refractivity contribution in [2.75, 3.05) is 26.2 Å². The highest BCUT2D eigenvalue weighted by atomic mass is 16.5. The summed E-state index contributed by atoms with van der Waals surface area (Å²) in [5, 5.41) is 0. The first-order valence-corrected chi connectivity index (χ1v) is 11.6. The average molecular weight is 413 g/mol. The molecule has 5 rings (SSSR count). The van der Waals surface area contributed by atoms with Gasteiger partial charge in [0, 0.05) is 39.3 Å². The number of benzene rings is 3. The monoisotopic (exact) mass is 412 g/mol. The van der Waals surface area contributed by atoms with Gasteiger partial charge in [-0.15, -0.1) is 0 Å². The second-order valence-electron chi connectivity index (χ2n) is 8.86. The molecule has 3 nitrogen and oxygen atoms in total. The zero-order valence-electron chi connectivity index (χ0n) is 18.2. The summed E-state index contributed by atoms with van der Waals surface area (Å²) in [6.07, 6.45) is 2.55. The van der Waals surface area contributed by atoms with E-state index in [2.05, 4.69) is 94.7 Å². The molecule has 0 spiro atoms. The van der Waals surface area contributed by atoms with Crippen LogP contribution < -0.4 is 0 Å². The average Bonchev–Trinajstić information content (AvgIpc) is 3.26. The van der Waals surface area contributed by atoms with Crippen LogP contribution in [0.5, 0.6) is 0 Å². The summed E-state index contributed by atoms with van der Waals surface area (Å²) in [7, 11) is 0. The van der Waals surface area contributed by atoms with Gasteiger partial charge < -0.3 is 9.64 Å². The number of ether oxygens (including phenoxy) is 1. The molecule has 31 heavy (non-hydrogen) atoms. The normalized spacial score (nSPS) is 17.8. The van der Waals surface area contributed by atoms with Crippen molar-refractivity contribution in [1.82, 2.24) is 9.80 Å². The van der Waals surface area contributed by atoms with Gasteiger partial charge in [-0.25, -0.2) is 0 Å². The number of hydrogen-bond donors (Lipinski definition) is 0. The summed E-state index contributed by atoms with van der Waals surface area (Å²) in [5.41, 5.74) is 5.49. The van der Waals surface area contributed by atoms with E-state index in [1.54, 1.807) is 0 Å². The van der Waals surface area contributed by atoms with Crippen LogP contribution in [-0.4, -0.2) is 42.1 Å². The van der Waals surface area contributed by atoms with Gasteiger partial charge in [0.2, 0.25) is 0 Å². The smallest absolute Gasteiger partial charge is 0.108 e. The highest BCUT2D eigenvalue weighted by Gasteiger charge is 2.25. The van der Waals surface area contributed by atoms with Crippen molar-refractivity contribution in [3.8, 4) is 0 Å². The fourth-order valence-electron chi connectivity index (χ4n) is 4.91. The van der Waals surface area contributed by atoms with Crippen LogP contribution in [0, 0.1) is 0 Å². The Kier molecular flexibility index (Phi) is 6.45. The molecule has 0 aliphatic carbocycles. The number of likely N-dealkylation sites (tertiary alicyclic amines) is 1. The molecular weight excluding hydrogens is 380 g/mol. The maximum Gasteiger partial charge on any atom is 0.108 e. The van der Waals surface area contributed by atoms with Crippen molar-refractivity contribution >= 4 is 0 Å². The van der Waals surface area contributed by atoms with E-state index in [0.717, 1.165) is 52.1 Å². The van der Waals surface area contributed by atoms with Gasteiger partial charge in [0.15, 0.2) is 0 Å². The number of hydrogen-bond acceptors (Lipinski definition) is 3. The van der Waals surface area contributed by atoms with Gasteiger partial charge in [0.1, 0.15) is 6.10 Å². The highest BCUT2D eigenvalue weighted by molar-refractivity contribution is 5.31. The summed E-state index contributed by atoms with van der Waals surface area (Å²) in [4.78, 5) is 5.19. The van der Waals surface area contributed by atoms with Gasteiger partial charge in [-0.05, 0) is 35.1 Å². The van der Waals surface area contributed by atoms with E-state index in [0.29, 0.717) is 6.10 Å². The van der Waals surface area contributed by atoms with Crippen LogP contribution in [0.4, 0.5) is 0 Å². The lowest BCUT2D eigenvalue weighted by Gasteiger charge is -2.35. The number of nitrogens with zero attached hydrogens (tertiary/aromatic N) is 2. The third kappa shape index (κ3) is 5.07. The Morgan fingerprint density at radius 3 is 1.68 bits per heavy atom. The highest BCUT2D eigenvalue weighted by Crippen LogP contribution is 2.30. The standard InChI is InChI=1S/C28H32N2O/c1-3-9-23(10-4-1)28(24-11-5-2-6-12-24)31-27-15-17-29(18-16-27)19-20-30-21-25-13-7-8-14-26(25)22-30/h1-14,27-28H,15-22H2. The SMILES string of the molecule is c1ccc(C(OC2CCN(CCN3Cc4ccccc4C3)CC2)c2ccccc2)cc1. The van der Waals surface area contributed by atoms with E-state index in [1.807, 2.05) is 0 Å². The summed E-state index contributed by atoms with van der Waals surface area (Å²) < 4.78 is 6.70. The predicted molar refractivity (Wildman–Crippen MR) is 126 cm³/mol. The second-order valence-corrected chi connectivity index (χ2v) is 8.86. The van der Waals surface area contributed by atoms with Crippen molar-refractivity contribution in [3.63, 3.8) is 0 Å². The molecule has 3 aromatic carbocycles. The molecule has 0 bridgehead atoms. The maximum absolute atomic E-state index is 6.70. The molecule has 1 fully saturated rings. The Hall–Kier alpha value is -2.46. The van der Waals surface area contributed by atoms with Gasteiger partial charge in [-0.3, -0.25) is 4.90 Å². The van der Waals surface area contributed by atoms with Gasteiger partial charge in [-0.1, -0.05) is 84.9 Å². The Morgan fingerprint density at radius 2 is 1.13 bits per heavy atom. The Morgan fingerprint density at radius 1 is 0.645 bits per heavy atom. The van der Waals surface area contributed by atoms with Crippen molar-refractivity contribution in [2.24, 2.45) is 0 Å². The molecule has 0 radical (unpaired) electrons. The van der Waals surface area contributed by atoms with E-state index in [4.69, 9.17) is 4.74 Å². The maximum atomic E-state index is 6.70. The predicted octanol–water partition coefficient (Wildman–Crippen LogP) is 5.27. The molecule has 1 saturated heterocycles. The first-order chi connectivity index (χ1) is 15.3. The lowest BCUT2D eigenvalue weighted by Crippen LogP contribution is -2.41. The fraction of sp³-hybridized carbons (Fsp3) is 0.357. The van der Waals surface area contributed by atoms with Crippen molar-refractivity contribution in [1.29, 1.82) is 0 Å². The summed E-state index contributed by atoms with van der Waals surface area (Å²) >= 11 is 0. The molecule has 0 amide bonds. The molecule has 3 heteroatoms. The first-order valence-electron chi connectivity index (χ1n) is 11.6. The second kappa shape index (κ2) is 9.78. The Bertz CT molecular complexity index is 887. The van der Waals surface area contributed by atoms with Crippen LogP contribution in [0.1, 0.15) is 41.2 Å². The van der Waals surface area contributed by atoms with E-state index >= 15 is 0 Å². The number of fused-ring (bicyclic) bond motifs is 1. The molecule has 0 N–H and O–H groups in total. The zero-order chi connectivity index (χ0) is 20.9. The summed E-state index contributed by atoms with van der Waals surface area (Å²) in [5.74, 6) is 0. The lowest BCUT2D eigenvalue weighted by atomic mass is 10.00. The molecule has 2 aliphatic heterocycles. The molecule has 2 heterocycles. The molecule has 0 saturated carbocycles. The largest absolute Gasteiger partial charge is 0.365 e. The summed E-state index contributed by atoms with van der Waals surface area (Å²) in [6.45, 7) is 6.76. The fourth-order valence-corrected chi connectivity index (χ4v) is 4.91. The third-order valence-corrected chi connectivity index (χ3v) is 6.71. The minimum Gasteiger partial charge on any atom is -0.365 e. The molecule has 0 unspecified atom stereocenters. The topological polar surface area (TPSA) is 15.7 Å². The first kappa shape index (κ1) is 20.4. The molecule has 2 aliphatic rings. The molecular formula is C28H32N2O. The van der Waals surface area contributed by atoms with E-state index in [-0.39, 0.29) is 6.10 Å². The van der Waals surface area contributed by atoms with Crippen LogP contribution in [0.3, 0.4) is 0 Å². The van der Waals surface area contributed by atoms with Gasteiger partial charge in [-0.2, -0.15) is 0 Å². The van der Waals surface area contributed by atoms with Crippen LogP contribution in [0.2, 0.25) is 0 Å². The van der Waals surface area contributed by atoms with E-state index in [1.165, 1.54) is 22.3 Å². The van der Waals surface area contributed by atoms with Gasteiger partial charge >= 0.3 is 0 Å². The van der Waals surface area contributed by atoms with Crippen molar-refractivity contribution < 1.29 is 4.74 Å². The number of rotatable bonds is 7. The Labute approximate surface area is 186 Å². The molecule has 0 aromatic heterocycles. The Balaban J connectivity index is 1.13. The van der Waals surface area contributed by atoms with Crippen LogP contribution in [0.15, 0.2) is 84.9 Å². The van der Waals surface area contributed by atoms with E-state index < -0.39 is 0 Å². The van der Waals surface area contributed by atoms with Crippen molar-refractivity contribution in [3.05, 3.63) is 107 Å². The van der Waals surface area contributed by atoms with Crippen LogP contribution in [0.25, 0.3) is 0 Å². The van der Waals surface area contributed by atoms with Gasteiger partial charge in [0.25, 0.3) is 0 Å². The zero-order valence-corrected chi connectivity index (χ0v) is 18.2.